The number of hydrazone groups is 1. The summed E-state index contributed by atoms with van der Waals surface area (Å²) in [6.45, 7) is 7.07. The molecule has 0 aromatic heterocycles. The number of carbonyl (C=O) groups is 1. The minimum Gasteiger partial charge on any atom is -0.490 e. The summed E-state index contributed by atoms with van der Waals surface area (Å²) >= 11 is 0. The predicted octanol–water partition coefficient (Wildman–Crippen LogP) is 3.74. The van der Waals surface area contributed by atoms with E-state index in [2.05, 4.69) is 17.5 Å². The molecule has 0 atom stereocenters. The van der Waals surface area contributed by atoms with Crippen molar-refractivity contribution >= 4 is 12.1 Å². The number of aryl methyl sites for hydroxylation is 1. The Morgan fingerprint density at radius 2 is 1.62 bits per heavy atom. The van der Waals surface area contributed by atoms with E-state index in [-0.39, 0.29) is 5.91 Å². The van der Waals surface area contributed by atoms with Crippen LogP contribution in [0.2, 0.25) is 0 Å². The number of ether oxygens (including phenoxy) is 2. The topological polar surface area (TPSA) is 59.9 Å². The Kier molecular flexibility index (Phi) is 7.68. The Morgan fingerprint density at radius 3 is 2.27 bits per heavy atom. The van der Waals surface area contributed by atoms with Crippen LogP contribution in [0.25, 0.3) is 0 Å². The zero-order chi connectivity index (χ0) is 18.8. The maximum absolute atomic E-state index is 12.0. The summed E-state index contributed by atoms with van der Waals surface area (Å²) in [4.78, 5) is 12.0. The lowest BCUT2D eigenvalue weighted by molar-refractivity contribution is -0.120. The molecule has 2 rings (SSSR count). The number of hydrogen-bond acceptors (Lipinski definition) is 4. The van der Waals surface area contributed by atoms with Crippen molar-refractivity contribution < 1.29 is 14.3 Å². The summed E-state index contributed by atoms with van der Waals surface area (Å²) in [6.07, 6.45) is 2.88. The second kappa shape index (κ2) is 10.2. The molecule has 0 radical (unpaired) electrons. The fourth-order valence-electron chi connectivity index (χ4n) is 2.44. The summed E-state index contributed by atoms with van der Waals surface area (Å²) in [5, 5.41) is 4.03. The zero-order valence-electron chi connectivity index (χ0n) is 15.6. The molecule has 2 aromatic rings. The molecule has 0 heterocycles. The first-order chi connectivity index (χ1) is 12.7. The number of hydrogen-bond donors (Lipinski definition) is 1. The highest BCUT2D eigenvalue weighted by Crippen LogP contribution is 2.27. The van der Waals surface area contributed by atoms with E-state index in [0.29, 0.717) is 31.1 Å². The number of rotatable bonds is 9. The van der Waals surface area contributed by atoms with Gasteiger partial charge in [-0.1, -0.05) is 31.2 Å². The van der Waals surface area contributed by atoms with E-state index < -0.39 is 0 Å². The van der Waals surface area contributed by atoms with Crippen LogP contribution in [0.15, 0.2) is 47.6 Å². The van der Waals surface area contributed by atoms with Gasteiger partial charge in [0.05, 0.1) is 25.8 Å². The Morgan fingerprint density at radius 1 is 0.962 bits per heavy atom. The van der Waals surface area contributed by atoms with Crippen molar-refractivity contribution in [1.82, 2.24) is 5.43 Å². The minimum absolute atomic E-state index is 0.151. The van der Waals surface area contributed by atoms with Crippen LogP contribution in [0.1, 0.15) is 37.5 Å². The van der Waals surface area contributed by atoms with Crippen molar-refractivity contribution in [3.8, 4) is 11.5 Å². The van der Waals surface area contributed by atoms with Crippen LogP contribution in [-0.4, -0.2) is 25.3 Å². The Bertz CT molecular complexity index is 739. The number of carbonyl (C=O) groups excluding carboxylic acids is 1. The molecule has 2 aromatic carbocycles. The molecule has 5 heteroatoms. The third-order valence-electron chi connectivity index (χ3n) is 3.77. The van der Waals surface area contributed by atoms with Crippen LogP contribution in [0.3, 0.4) is 0 Å². The molecular weight excluding hydrogens is 328 g/mol. The van der Waals surface area contributed by atoms with Gasteiger partial charge in [-0.25, -0.2) is 5.43 Å². The molecule has 0 fully saturated rings. The first-order valence-electron chi connectivity index (χ1n) is 8.95. The Labute approximate surface area is 155 Å². The number of amides is 1. The number of nitrogens with zero attached hydrogens (tertiary/aromatic N) is 1. The molecule has 0 aliphatic heterocycles. The first-order valence-corrected chi connectivity index (χ1v) is 8.95. The van der Waals surface area contributed by atoms with Gasteiger partial charge in [0.2, 0.25) is 5.91 Å². The van der Waals surface area contributed by atoms with Crippen molar-refractivity contribution in [2.24, 2.45) is 5.10 Å². The summed E-state index contributed by atoms with van der Waals surface area (Å²) in [6, 6.07) is 13.6. The highest BCUT2D eigenvalue weighted by Gasteiger charge is 2.06. The van der Waals surface area contributed by atoms with E-state index in [1.807, 2.05) is 56.3 Å². The van der Waals surface area contributed by atoms with E-state index in [9.17, 15) is 4.79 Å². The van der Waals surface area contributed by atoms with E-state index >= 15 is 0 Å². The fraction of sp³-hybridized carbons (Fsp3) is 0.333. The van der Waals surface area contributed by atoms with Crippen molar-refractivity contribution in [2.45, 2.75) is 33.6 Å². The largest absolute Gasteiger partial charge is 0.490 e. The van der Waals surface area contributed by atoms with Crippen molar-refractivity contribution in [3.63, 3.8) is 0 Å². The average Bonchev–Trinajstić information content (AvgIpc) is 2.65. The molecule has 1 N–H and O–H groups in total. The highest BCUT2D eigenvalue weighted by atomic mass is 16.5. The van der Waals surface area contributed by atoms with Crippen molar-refractivity contribution in [2.75, 3.05) is 13.2 Å². The van der Waals surface area contributed by atoms with Gasteiger partial charge in [0, 0.05) is 0 Å². The van der Waals surface area contributed by atoms with Crippen molar-refractivity contribution in [1.29, 1.82) is 0 Å². The summed E-state index contributed by atoms with van der Waals surface area (Å²) in [5.74, 6) is 1.22. The molecule has 0 unspecified atom stereocenters. The van der Waals surface area contributed by atoms with Crippen molar-refractivity contribution in [3.05, 3.63) is 59.2 Å². The second-order valence-corrected chi connectivity index (χ2v) is 5.71. The molecule has 138 valence electrons. The van der Waals surface area contributed by atoms with Gasteiger partial charge < -0.3 is 9.47 Å². The van der Waals surface area contributed by atoms with Crippen LogP contribution in [-0.2, 0) is 17.6 Å². The van der Waals surface area contributed by atoms with Crippen LogP contribution in [0.5, 0.6) is 11.5 Å². The quantitative estimate of drug-likeness (QED) is 0.551. The lowest BCUT2D eigenvalue weighted by atomic mass is 10.1. The standard InChI is InChI=1S/C21H26N2O3/c1-4-16-7-9-17(10-8-16)14-21(24)23-22-15-18-11-12-19(25-5-2)20(13-18)26-6-3/h7-13,15H,4-6,14H2,1-3H3,(H,23,24)/b22-15+. The minimum atomic E-state index is -0.151. The third-order valence-corrected chi connectivity index (χ3v) is 3.77. The molecule has 0 aliphatic carbocycles. The maximum atomic E-state index is 12.0. The second-order valence-electron chi connectivity index (χ2n) is 5.71. The van der Waals surface area contributed by atoms with E-state index in [0.717, 1.165) is 17.5 Å². The summed E-state index contributed by atoms with van der Waals surface area (Å²) in [7, 11) is 0. The Hall–Kier alpha value is -2.82. The first kappa shape index (κ1) is 19.5. The monoisotopic (exact) mass is 354 g/mol. The zero-order valence-corrected chi connectivity index (χ0v) is 15.6. The van der Waals surface area contributed by atoms with E-state index in [1.54, 1.807) is 6.21 Å². The van der Waals surface area contributed by atoms with Crippen LogP contribution < -0.4 is 14.9 Å². The number of nitrogens with one attached hydrogen (secondary N) is 1. The van der Waals surface area contributed by atoms with Gasteiger partial charge in [-0.05, 0) is 55.2 Å². The molecule has 0 saturated heterocycles. The fourth-order valence-corrected chi connectivity index (χ4v) is 2.44. The highest BCUT2D eigenvalue weighted by molar-refractivity contribution is 5.84. The van der Waals surface area contributed by atoms with Gasteiger partial charge in [-0.15, -0.1) is 0 Å². The Balaban J connectivity index is 1.93. The van der Waals surface area contributed by atoms with Gasteiger partial charge in [0.1, 0.15) is 0 Å². The maximum Gasteiger partial charge on any atom is 0.244 e. The van der Waals surface area contributed by atoms with Gasteiger partial charge in [-0.2, -0.15) is 5.10 Å². The van der Waals surface area contributed by atoms with E-state index in [1.165, 1.54) is 5.56 Å². The molecule has 0 spiro atoms. The van der Waals surface area contributed by atoms with E-state index in [4.69, 9.17) is 9.47 Å². The lowest BCUT2D eigenvalue weighted by Gasteiger charge is -2.11. The van der Waals surface area contributed by atoms with Gasteiger partial charge >= 0.3 is 0 Å². The third kappa shape index (κ3) is 5.92. The molecule has 0 bridgehead atoms. The summed E-state index contributed by atoms with van der Waals surface area (Å²) in [5.41, 5.74) is 5.61. The summed E-state index contributed by atoms with van der Waals surface area (Å²) < 4.78 is 11.1. The molecule has 0 aliphatic rings. The lowest BCUT2D eigenvalue weighted by Crippen LogP contribution is -2.19. The molecule has 5 nitrogen and oxygen atoms in total. The molecule has 1 amide bonds. The van der Waals surface area contributed by atoms with Gasteiger partial charge in [0.25, 0.3) is 0 Å². The van der Waals surface area contributed by atoms with Crippen LogP contribution >= 0.6 is 0 Å². The smallest absolute Gasteiger partial charge is 0.244 e. The average molecular weight is 354 g/mol. The van der Waals surface area contributed by atoms with Gasteiger partial charge in [-0.3, -0.25) is 4.79 Å². The van der Waals surface area contributed by atoms with Crippen LogP contribution in [0.4, 0.5) is 0 Å². The normalized spacial score (nSPS) is 10.7. The van der Waals surface area contributed by atoms with Crippen LogP contribution in [0, 0.1) is 0 Å². The number of benzene rings is 2. The SMILES string of the molecule is CCOc1ccc(/C=N/NC(=O)Cc2ccc(CC)cc2)cc1OCC. The van der Waals surface area contributed by atoms with Gasteiger partial charge in [0.15, 0.2) is 11.5 Å². The molecule has 0 saturated carbocycles. The molecular formula is C21H26N2O3. The predicted molar refractivity (Wildman–Crippen MR) is 104 cm³/mol. The molecule has 26 heavy (non-hydrogen) atoms.